The molecule has 16 heavy (non-hydrogen) atoms. The van der Waals surface area contributed by atoms with Gasteiger partial charge in [0, 0.05) is 36.3 Å². The molecule has 0 aliphatic rings. The van der Waals surface area contributed by atoms with E-state index in [-0.39, 0.29) is 11.1 Å². The smallest absolute Gasteiger partial charge is 0.271 e. The third-order valence-electron chi connectivity index (χ3n) is 2.51. The van der Waals surface area contributed by atoms with E-state index in [4.69, 9.17) is 0 Å². The molecule has 5 heteroatoms. The molecule has 1 aromatic carbocycles. The Hall–Kier alpha value is -2.17. The Morgan fingerprint density at radius 3 is 2.75 bits per heavy atom. The molecule has 0 spiro atoms. The van der Waals surface area contributed by atoms with Gasteiger partial charge in [0.2, 0.25) is 0 Å². The Labute approximate surface area is 91.1 Å². The van der Waals surface area contributed by atoms with Crippen LogP contribution in [-0.2, 0) is 6.54 Å². The molecule has 0 aliphatic carbocycles. The quantitative estimate of drug-likeness (QED) is 0.571. The SMILES string of the molecule is CCn1ccc(=O)c2ccc([N+](=O)[O-])cc21. The molecule has 0 saturated heterocycles. The van der Waals surface area contributed by atoms with Gasteiger partial charge in [-0.25, -0.2) is 0 Å². The van der Waals surface area contributed by atoms with Gasteiger partial charge in [-0.1, -0.05) is 0 Å². The molecule has 0 bridgehead atoms. The first-order valence-electron chi connectivity index (χ1n) is 4.91. The van der Waals surface area contributed by atoms with Crippen LogP contribution in [0.3, 0.4) is 0 Å². The van der Waals surface area contributed by atoms with Crippen LogP contribution in [0.5, 0.6) is 0 Å². The Kier molecular flexibility index (Phi) is 2.44. The van der Waals surface area contributed by atoms with Crippen LogP contribution in [0.15, 0.2) is 35.3 Å². The van der Waals surface area contributed by atoms with Crippen LogP contribution in [0.1, 0.15) is 6.92 Å². The zero-order chi connectivity index (χ0) is 11.7. The van der Waals surface area contributed by atoms with Gasteiger partial charge in [-0.15, -0.1) is 0 Å². The second-order valence-electron chi connectivity index (χ2n) is 3.42. The summed E-state index contributed by atoms with van der Waals surface area (Å²) in [6.45, 7) is 2.58. The molecule has 0 amide bonds. The summed E-state index contributed by atoms with van der Waals surface area (Å²) in [5.41, 5.74) is 0.485. The number of aromatic nitrogens is 1. The van der Waals surface area contributed by atoms with Gasteiger partial charge in [0.05, 0.1) is 10.4 Å². The molecular weight excluding hydrogens is 208 g/mol. The van der Waals surface area contributed by atoms with Crippen molar-refractivity contribution in [3.63, 3.8) is 0 Å². The van der Waals surface area contributed by atoms with Crippen molar-refractivity contribution >= 4 is 16.6 Å². The summed E-state index contributed by atoms with van der Waals surface area (Å²) < 4.78 is 1.81. The van der Waals surface area contributed by atoms with Crippen molar-refractivity contribution in [1.82, 2.24) is 4.57 Å². The molecule has 0 fully saturated rings. The summed E-state index contributed by atoms with van der Waals surface area (Å²) in [5, 5.41) is 11.2. The van der Waals surface area contributed by atoms with E-state index in [1.165, 1.54) is 24.3 Å². The third-order valence-corrected chi connectivity index (χ3v) is 2.51. The molecular formula is C11H10N2O3. The number of hydrogen-bond acceptors (Lipinski definition) is 3. The van der Waals surface area contributed by atoms with Gasteiger partial charge in [0.1, 0.15) is 0 Å². The molecule has 0 unspecified atom stereocenters. The fourth-order valence-electron chi connectivity index (χ4n) is 1.68. The molecule has 82 valence electrons. The van der Waals surface area contributed by atoms with E-state index in [1.54, 1.807) is 6.20 Å². The minimum absolute atomic E-state index is 0.000278. The van der Waals surface area contributed by atoms with Crippen LogP contribution in [-0.4, -0.2) is 9.49 Å². The van der Waals surface area contributed by atoms with Crippen LogP contribution in [0, 0.1) is 10.1 Å². The van der Waals surface area contributed by atoms with E-state index in [1.807, 2.05) is 11.5 Å². The summed E-state index contributed by atoms with van der Waals surface area (Å²) in [7, 11) is 0. The predicted octanol–water partition coefficient (Wildman–Crippen LogP) is 1.93. The fraction of sp³-hybridized carbons (Fsp3) is 0.182. The second-order valence-corrected chi connectivity index (χ2v) is 3.42. The number of nitrogens with zero attached hydrogens (tertiary/aromatic N) is 2. The normalized spacial score (nSPS) is 10.6. The van der Waals surface area contributed by atoms with Crippen LogP contribution in [0.25, 0.3) is 10.9 Å². The summed E-state index contributed by atoms with van der Waals surface area (Å²) in [6, 6.07) is 5.75. The van der Waals surface area contributed by atoms with E-state index in [0.29, 0.717) is 17.4 Å². The molecule has 1 aromatic heterocycles. The number of rotatable bonds is 2. The van der Waals surface area contributed by atoms with Crippen LogP contribution >= 0.6 is 0 Å². The van der Waals surface area contributed by atoms with Crippen molar-refractivity contribution in [2.45, 2.75) is 13.5 Å². The molecule has 1 heterocycles. The molecule has 0 saturated carbocycles. The van der Waals surface area contributed by atoms with Crippen molar-refractivity contribution in [3.8, 4) is 0 Å². The number of fused-ring (bicyclic) bond motifs is 1. The van der Waals surface area contributed by atoms with Gasteiger partial charge in [-0.3, -0.25) is 14.9 Å². The van der Waals surface area contributed by atoms with Crippen molar-refractivity contribution in [2.24, 2.45) is 0 Å². The minimum Gasteiger partial charge on any atom is -0.347 e. The lowest BCUT2D eigenvalue weighted by atomic mass is 10.2. The topological polar surface area (TPSA) is 65.1 Å². The monoisotopic (exact) mass is 218 g/mol. The Morgan fingerprint density at radius 1 is 1.38 bits per heavy atom. The van der Waals surface area contributed by atoms with E-state index >= 15 is 0 Å². The largest absolute Gasteiger partial charge is 0.347 e. The molecule has 0 aliphatic heterocycles. The van der Waals surface area contributed by atoms with Crippen molar-refractivity contribution in [1.29, 1.82) is 0 Å². The maximum absolute atomic E-state index is 11.5. The van der Waals surface area contributed by atoms with E-state index in [0.717, 1.165) is 0 Å². The number of nitro groups is 1. The first-order valence-corrected chi connectivity index (χ1v) is 4.91. The summed E-state index contributed by atoms with van der Waals surface area (Å²) in [6.07, 6.45) is 1.65. The highest BCUT2D eigenvalue weighted by molar-refractivity contribution is 5.81. The summed E-state index contributed by atoms with van der Waals surface area (Å²) in [4.78, 5) is 21.7. The van der Waals surface area contributed by atoms with Crippen LogP contribution in [0.4, 0.5) is 5.69 Å². The van der Waals surface area contributed by atoms with Crippen LogP contribution in [0.2, 0.25) is 0 Å². The van der Waals surface area contributed by atoms with E-state index in [2.05, 4.69) is 0 Å². The molecule has 2 rings (SSSR count). The number of pyridine rings is 1. The minimum atomic E-state index is -0.461. The average molecular weight is 218 g/mol. The second kappa shape index (κ2) is 3.77. The molecule has 2 aromatic rings. The van der Waals surface area contributed by atoms with Gasteiger partial charge in [0.25, 0.3) is 5.69 Å². The molecule has 0 radical (unpaired) electrons. The zero-order valence-electron chi connectivity index (χ0n) is 8.71. The highest BCUT2D eigenvalue weighted by atomic mass is 16.6. The standard InChI is InChI=1S/C11H10N2O3/c1-2-12-6-5-11(14)9-4-3-8(13(15)16)7-10(9)12/h3-7H,2H2,1H3. The van der Waals surface area contributed by atoms with Crippen molar-refractivity contribution in [2.75, 3.05) is 0 Å². The van der Waals surface area contributed by atoms with Gasteiger partial charge >= 0.3 is 0 Å². The first-order chi connectivity index (χ1) is 7.63. The Morgan fingerprint density at radius 2 is 2.12 bits per heavy atom. The number of nitro benzene ring substituents is 1. The summed E-state index contributed by atoms with van der Waals surface area (Å²) in [5.74, 6) is 0. The number of benzene rings is 1. The highest BCUT2D eigenvalue weighted by Crippen LogP contribution is 2.18. The summed E-state index contributed by atoms with van der Waals surface area (Å²) >= 11 is 0. The maximum Gasteiger partial charge on any atom is 0.271 e. The number of hydrogen-bond donors (Lipinski definition) is 0. The highest BCUT2D eigenvalue weighted by Gasteiger charge is 2.09. The molecule has 0 N–H and O–H groups in total. The van der Waals surface area contributed by atoms with Gasteiger partial charge in [-0.05, 0) is 13.0 Å². The zero-order valence-corrected chi connectivity index (χ0v) is 8.71. The molecule has 0 atom stereocenters. The first kappa shape index (κ1) is 10.4. The van der Waals surface area contributed by atoms with Gasteiger partial charge in [-0.2, -0.15) is 0 Å². The Bertz CT molecular complexity index is 616. The van der Waals surface area contributed by atoms with E-state index < -0.39 is 4.92 Å². The van der Waals surface area contributed by atoms with Crippen molar-refractivity contribution in [3.05, 3.63) is 50.8 Å². The lowest BCUT2D eigenvalue weighted by Gasteiger charge is -2.06. The van der Waals surface area contributed by atoms with Gasteiger partial charge < -0.3 is 4.57 Å². The predicted molar refractivity (Wildman–Crippen MR) is 60.5 cm³/mol. The fourth-order valence-corrected chi connectivity index (χ4v) is 1.68. The number of non-ortho nitro benzene ring substituents is 1. The lowest BCUT2D eigenvalue weighted by molar-refractivity contribution is -0.384. The third kappa shape index (κ3) is 1.56. The van der Waals surface area contributed by atoms with Crippen molar-refractivity contribution < 1.29 is 4.92 Å². The average Bonchev–Trinajstić information content (AvgIpc) is 2.29. The Balaban J connectivity index is 2.84. The molecule has 5 nitrogen and oxygen atoms in total. The lowest BCUT2D eigenvalue weighted by Crippen LogP contribution is -2.07. The van der Waals surface area contributed by atoms with Crippen LogP contribution < -0.4 is 5.43 Å². The number of aryl methyl sites for hydroxylation is 1. The van der Waals surface area contributed by atoms with E-state index in [9.17, 15) is 14.9 Å². The van der Waals surface area contributed by atoms with Gasteiger partial charge in [0.15, 0.2) is 5.43 Å². The maximum atomic E-state index is 11.5.